The van der Waals surface area contributed by atoms with Gasteiger partial charge in [0, 0.05) is 23.0 Å². The second-order valence-corrected chi connectivity index (χ2v) is 10.2. The van der Waals surface area contributed by atoms with Crippen LogP contribution in [0, 0.1) is 18.6 Å². The van der Waals surface area contributed by atoms with Crippen molar-refractivity contribution in [1.29, 1.82) is 0 Å². The van der Waals surface area contributed by atoms with Crippen LogP contribution >= 0.6 is 11.8 Å². The average molecular weight is 493 g/mol. The van der Waals surface area contributed by atoms with Crippen molar-refractivity contribution in [2.45, 2.75) is 38.3 Å². The van der Waals surface area contributed by atoms with Crippen LogP contribution in [0.1, 0.15) is 31.9 Å². The van der Waals surface area contributed by atoms with Gasteiger partial charge in [-0.25, -0.2) is 8.78 Å². The number of anilines is 1. The number of benzene rings is 3. The van der Waals surface area contributed by atoms with Gasteiger partial charge in [-0.2, -0.15) is 0 Å². The smallest absolute Gasteiger partial charge is 0.234 e. The van der Waals surface area contributed by atoms with Gasteiger partial charge in [0.15, 0.2) is 22.6 Å². The lowest BCUT2D eigenvalue weighted by atomic mass is 9.87. The Labute approximate surface area is 207 Å². The first-order chi connectivity index (χ1) is 16.6. The number of aryl methyl sites for hydroxylation is 1. The van der Waals surface area contributed by atoms with E-state index in [4.69, 9.17) is 0 Å². The van der Waals surface area contributed by atoms with Crippen LogP contribution < -0.4 is 5.32 Å². The molecule has 1 aromatic heterocycles. The Morgan fingerprint density at radius 2 is 1.63 bits per heavy atom. The number of amides is 1. The molecule has 0 saturated heterocycles. The average Bonchev–Trinajstić information content (AvgIpc) is 3.24. The van der Waals surface area contributed by atoms with E-state index in [1.807, 2.05) is 47.9 Å². The quantitative estimate of drug-likeness (QED) is 0.310. The van der Waals surface area contributed by atoms with E-state index >= 15 is 0 Å². The van der Waals surface area contributed by atoms with Crippen molar-refractivity contribution in [1.82, 2.24) is 14.8 Å². The zero-order valence-corrected chi connectivity index (χ0v) is 20.8. The first kappa shape index (κ1) is 24.6. The minimum absolute atomic E-state index is 0.0198. The lowest BCUT2D eigenvalue weighted by molar-refractivity contribution is -0.113. The number of carbonyl (C=O) groups excluding carboxylic acids is 1. The number of nitrogens with one attached hydrogen (secondary N) is 1. The molecule has 0 unspecified atom stereocenters. The fourth-order valence-corrected chi connectivity index (χ4v) is 4.25. The molecule has 0 saturated carbocycles. The number of thioether (sulfide) groups is 1. The molecule has 4 aromatic rings. The second-order valence-electron chi connectivity index (χ2n) is 9.27. The lowest BCUT2D eigenvalue weighted by Crippen LogP contribution is -2.15. The lowest BCUT2D eigenvalue weighted by Gasteiger charge is -2.19. The SMILES string of the molecule is Cc1ccc(-n2c(SCC(=O)Nc3ccc(F)c(F)c3)nnc2-c2ccc(C(C)(C)C)cc2)cc1. The van der Waals surface area contributed by atoms with Crippen LogP contribution in [0.3, 0.4) is 0 Å². The molecule has 0 bridgehead atoms. The number of halogens is 2. The predicted octanol–water partition coefficient (Wildman–Crippen LogP) is 6.55. The predicted molar refractivity (Wildman–Crippen MR) is 136 cm³/mol. The van der Waals surface area contributed by atoms with Crippen molar-refractivity contribution in [3.8, 4) is 17.1 Å². The van der Waals surface area contributed by atoms with E-state index in [9.17, 15) is 13.6 Å². The summed E-state index contributed by atoms with van der Waals surface area (Å²) in [5, 5.41) is 11.9. The Kier molecular flexibility index (Phi) is 7.03. The van der Waals surface area contributed by atoms with Gasteiger partial charge >= 0.3 is 0 Å². The van der Waals surface area contributed by atoms with Crippen molar-refractivity contribution < 1.29 is 13.6 Å². The molecule has 0 aliphatic rings. The van der Waals surface area contributed by atoms with E-state index in [0.717, 1.165) is 28.9 Å². The molecule has 4 rings (SSSR count). The van der Waals surface area contributed by atoms with Gasteiger partial charge in [0.05, 0.1) is 5.75 Å². The van der Waals surface area contributed by atoms with Gasteiger partial charge in [0.1, 0.15) is 0 Å². The van der Waals surface area contributed by atoms with Crippen LogP contribution in [0.15, 0.2) is 71.9 Å². The van der Waals surface area contributed by atoms with Gasteiger partial charge in [-0.15, -0.1) is 10.2 Å². The summed E-state index contributed by atoms with van der Waals surface area (Å²) in [5.41, 5.74) is 4.34. The van der Waals surface area contributed by atoms with Crippen LogP contribution in [0.4, 0.5) is 14.5 Å². The standard InChI is InChI=1S/C27H26F2N4OS/c1-17-5-12-21(13-6-17)33-25(18-7-9-19(10-8-18)27(2,3)4)31-32-26(33)35-16-24(34)30-20-11-14-22(28)23(29)15-20/h5-15H,16H2,1-4H3,(H,30,34). The fraction of sp³-hybridized carbons (Fsp3) is 0.222. The Morgan fingerprint density at radius 1 is 0.943 bits per heavy atom. The van der Waals surface area contributed by atoms with Crippen molar-refractivity contribution in [3.63, 3.8) is 0 Å². The van der Waals surface area contributed by atoms with Crippen molar-refractivity contribution in [2.75, 3.05) is 11.1 Å². The van der Waals surface area contributed by atoms with E-state index in [-0.39, 0.29) is 22.8 Å². The molecule has 0 aliphatic carbocycles. The summed E-state index contributed by atoms with van der Waals surface area (Å²) in [6.07, 6.45) is 0. The number of hydrogen-bond acceptors (Lipinski definition) is 4. The van der Waals surface area contributed by atoms with Gasteiger partial charge in [-0.1, -0.05) is 74.5 Å². The minimum Gasteiger partial charge on any atom is -0.325 e. The number of aromatic nitrogens is 3. The summed E-state index contributed by atoms with van der Waals surface area (Å²) in [4.78, 5) is 12.5. The number of hydrogen-bond donors (Lipinski definition) is 1. The summed E-state index contributed by atoms with van der Waals surface area (Å²) in [6, 6.07) is 19.5. The molecule has 8 heteroatoms. The normalized spacial score (nSPS) is 11.5. The maximum atomic E-state index is 13.5. The maximum Gasteiger partial charge on any atom is 0.234 e. The molecular formula is C27H26F2N4OS. The minimum atomic E-state index is -1.02. The third-order valence-electron chi connectivity index (χ3n) is 5.47. The monoisotopic (exact) mass is 492 g/mol. The summed E-state index contributed by atoms with van der Waals surface area (Å²) >= 11 is 1.21. The van der Waals surface area contributed by atoms with E-state index in [1.54, 1.807) is 0 Å². The molecule has 1 heterocycles. The molecule has 0 atom stereocenters. The molecule has 0 fully saturated rings. The molecule has 35 heavy (non-hydrogen) atoms. The highest BCUT2D eigenvalue weighted by Gasteiger charge is 2.19. The van der Waals surface area contributed by atoms with Gasteiger partial charge in [0.25, 0.3) is 0 Å². The fourth-order valence-electron chi connectivity index (χ4n) is 3.50. The molecule has 0 radical (unpaired) electrons. The maximum absolute atomic E-state index is 13.5. The summed E-state index contributed by atoms with van der Waals surface area (Å²) in [6.45, 7) is 8.51. The zero-order valence-electron chi connectivity index (χ0n) is 20.0. The van der Waals surface area contributed by atoms with Crippen LogP contribution in [-0.2, 0) is 10.2 Å². The van der Waals surface area contributed by atoms with E-state index in [2.05, 4.69) is 48.4 Å². The Morgan fingerprint density at radius 3 is 2.26 bits per heavy atom. The Hall–Kier alpha value is -3.52. The van der Waals surface area contributed by atoms with Crippen molar-refractivity contribution in [2.24, 2.45) is 0 Å². The summed E-state index contributed by atoms with van der Waals surface area (Å²) in [5.74, 6) is -1.66. The summed E-state index contributed by atoms with van der Waals surface area (Å²) < 4.78 is 28.5. The molecule has 1 N–H and O–H groups in total. The molecule has 5 nitrogen and oxygen atoms in total. The number of carbonyl (C=O) groups is 1. The third-order valence-corrected chi connectivity index (χ3v) is 6.40. The van der Waals surface area contributed by atoms with E-state index in [1.165, 1.54) is 23.4 Å². The Balaban J connectivity index is 1.60. The second kappa shape index (κ2) is 10.00. The van der Waals surface area contributed by atoms with Crippen molar-refractivity contribution in [3.05, 3.63) is 89.5 Å². The molecule has 0 spiro atoms. The van der Waals surface area contributed by atoms with Crippen LogP contribution in [0.25, 0.3) is 17.1 Å². The molecule has 0 aliphatic heterocycles. The number of rotatable bonds is 6. The van der Waals surface area contributed by atoms with E-state index < -0.39 is 11.6 Å². The molecular weight excluding hydrogens is 466 g/mol. The molecule has 1 amide bonds. The first-order valence-corrected chi connectivity index (χ1v) is 12.1. The highest BCUT2D eigenvalue weighted by molar-refractivity contribution is 7.99. The summed E-state index contributed by atoms with van der Waals surface area (Å²) in [7, 11) is 0. The van der Waals surface area contributed by atoms with Gasteiger partial charge < -0.3 is 5.32 Å². The van der Waals surface area contributed by atoms with Gasteiger partial charge in [-0.3, -0.25) is 9.36 Å². The zero-order chi connectivity index (χ0) is 25.2. The molecule has 3 aromatic carbocycles. The topological polar surface area (TPSA) is 59.8 Å². The van der Waals surface area contributed by atoms with E-state index in [0.29, 0.717) is 11.0 Å². The first-order valence-electron chi connectivity index (χ1n) is 11.1. The molecule has 180 valence electrons. The largest absolute Gasteiger partial charge is 0.325 e. The number of nitrogens with zero attached hydrogens (tertiary/aromatic N) is 3. The van der Waals surface area contributed by atoms with Crippen LogP contribution in [0.5, 0.6) is 0 Å². The highest BCUT2D eigenvalue weighted by Crippen LogP contribution is 2.30. The highest BCUT2D eigenvalue weighted by atomic mass is 32.2. The van der Waals surface area contributed by atoms with Gasteiger partial charge in [0.2, 0.25) is 5.91 Å². The van der Waals surface area contributed by atoms with Gasteiger partial charge in [-0.05, 0) is 42.2 Å². The van der Waals surface area contributed by atoms with Crippen LogP contribution in [0.2, 0.25) is 0 Å². The van der Waals surface area contributed by atoms with Crippen molar-refractivity contribution >= 4 is 23.4 Å². The third kappa shape index (κ3) is 5.77. The Bertz CT molecular complexity index is 1340. The van der Waals surface area contributed by atoms with Crippen LogP contribution in [-0.4, -0.2) is 26.4 Å².